The molecule has 2 rings (SSSR count). The largest absolute Gasteiger partial charge is 0.382 e. The predicted molar refractivity (Wildman–Crippen MR) is 68.0 cm³/mol. The molecule has 0 bridgehead atoms. The molecule has 0 radical (unpaired) electrons. The number of hydrogen-bond acceptors (Lipinski definition) is 3. The molecule has 1 aromatic carbocycles. The van der Waals surface area contributed by atoms with Gasteiger partial charge in [0.05, 0.1) is 17.7 Å². The summed E-state index contributed by atoms with van der Waals surface area (Å²) in [5.74, 6) is 0. The summed E-state index contributed by atoms with van der Waals surface area (Å²) in [6, 6.07) is 8.40. The molecule has 1 heterocycles. The Morgan fingerprint density at radius 3 is 3.00 bits per heavy atom. The van der Waals surface area contributed by atoms with Crippen molar-refractivity contribution in [3.8, 4) is 6.07 Å². The van der Waals surface area contributed by atoms with Gasteiger partial charge in [-0.05, 0) is 44.4 Å². The fraction of sp³-hybridized carbons (Fsp3) is 0.500. The molecule has 1 saturated heterocycles. The summed E-state index contributed by atoms with van der Waals surface area (Å²) >= 11 is 0. The van der Waals surface area contributed by atoms with Crippen molar-refractivity contribution in [1.29, 1.82) is 5.26 Å². The Morgan fingerprint density at radius 1 is 1.47 bits per heavy atom. The van der Waals surface area contributed by atoms with Crippen molar-refractivity contribution < 1.29 is 4.74 Å². The lowest BCUT2D eigenvalue weighted by atomic mass is 10.0. The van der Waals surface area contributed by atoms with Crippen molar-refractivity contribution in [1.82, 2.24) is 0 Å². The molecular formula is C14H18N2O. The molecule has 1 fully saturated rings. The average Bonchev–Trinajstić information content (AvgIpc) is 2.32. The van der Waals surface area contributed by atoms with Crippen LogP contribution in [0.15, 0.2) is 18.2 Å². The zero-order valence-corrected chi connectivity index (χ0v) is 10.4. The summed E-state index contributed by atoms with van der Waals surface area (Å²) < 4.78 is 5.53. The third-order valence-electron chi connectivity index (χ3n) is 3.21. The van der Waals surface area contributed by atoms with Crippen molar-refractivity contribution in [2.45, 2.75) is 38.8 Å². The van der Waals surface area contributed by atoms with Crippen LogP contribution in [-0.2, 0) is 4.74 Å². The van der Waals surface area contributed by atoms with E-state index in [1.807, 2.05) is 18.2 Å². The van der Waals surface area contributed by atoms with Crippen LogP contribution in [0.5, 0.6) is 0 Å². The van der Waals surface area contributed by atoms with Gasteiger partial charge in [0.2, 0.25) is 0 Å². The van der Waals surface area contributed by atoms with Crippen molar-refractivity contribution in [2.24, 2.45) is 0 Å². The van der Waals surface area contributed by atoms with Gasteiger partial charge < -0.3 is 10.1 Å². The molecular weight excluding hydrogens is 212 g/mol. The third kappa shape index (κ3) is 2.98. The molecule has 0 amide bonds. The summed E-state index contributed by atoms with van der Waals surface area (Å²) in [6.45, 7) is 4.98. The number of anilines is 1. The van der Waals surface area contributed by atoms with E-state index in [1.165, 1.54) is 5.56 Å². The van der Waals surface area contributed by atoms with Crippen LogP contribution in [-0.4, -0.2) is 18.8 Å². The van der Waals surface area contributed by atoms with Gasteiger partial charge in [-0.15, -0.1) is 0 Å². The fourth-order valence-electron chi connectivity index (χ4n) is 2.20. The van der Waals surface area contributed by atoms with Gasteiger partial charge in [0.1, 0.15) is 0 Å². The van der Waals surface area contributed by atoms with E-state index in [2.05, 4.69) is 25.2 Å². The lowest BCUT2D eigenvalue weighted by Gasteiger charge is -2.29. The van der Waals surface area contributed by atoms with E-state index >= 15 is 0 Å². The van der Waals surface area contributed by atoms with Gasteiger partial charge in [-0.1, -0.05) is 6.07 Å². The minimum Gasteiger partial charge on any atom is -0.382 e. The summed E-state index contributed by atoms with van der Waals surface area (Å²) in [5, 5.41) is 12.4. The molecule has 2 atom stereocenters. The quantitative estimate of drug-likeness (QED) is 0.849. The highest BCUT2D eigenvalue weighted by Gasteiger charge is 2.19. The van der Waals surface area contributed by atoms with Crippen molar-refractivity contribution in [3.05, 3.63) is 29.3 Å². The van der Waals surface area contributed by atoms with Crippen LogP contribution in [0.4, 0.5) is 5.69 Å². The molecule has 1 aromatic rings. The maximum absolute atomic E-state index is 8.90. The first-order valence-electron chi connectivity index (χ1n) is 6.08. The Morgan fingerprint density at radius 2 is 2.29 bits per heavy atom. The first-order valence-corrected chi connectivity index (χ1v) is 6.08. The van der Waals surface area contributed by atoms with Gasteiger partial charge in [0, 0.05) is 18.3 Å². The fourth-order valence-corrected chi connectivity index (χ4v) is 2.20. The Bertz CT molecular complexity index is 436. The van der Waals surface area contributed by atoms with Gasteiger partial charge in [0.25, 0.3) is 0 Å². The van der Waals surface area contributed by atoms with Crippen LogP contribution in [0.3, 0.4) is 0 Å². The molecule has 3 heteroatoms. The van der Waals surface area contributed by atoms with E-state index in [1.54, 1.807) is 0 Å². The lowest BCUT2D eigenvalue weighted by molar-refractivity contribution is 0.0232. The van der Waals surface area contributed by atoms with E-state index in [-0.39, 0.29) is 0 Å². The number of aryl methyl sites for hydroxylation is 1. The average molecular weight is 230 g/mol. The van der Waals surface area contributed by atoms with E-state index in [9.17, 15) is 0 Å². The van der Waals surface area contributed by atoms with Gasteiger partial charge in [-0.25, -0.2) is 0 Å². The van der Waals surface area contributed by atoms with Crippen LogP contribution < -0.4 is 5.32 Å². The van der Waals surface area contributed by atoms with Gasteiger partial charge in [-0.2, -0.15) is 5.26 Å². The number of nitriles is 1. The SMILES string of the molecule is Cc1ccc(C#N)cc1NC1CCOC(C)C1. The smallest absolute Gasteiger partial charge is 0.0992 e. The van der Waals surface area contributed by atoms with Crippen LogP contribution in [0.1, 0.15) is 30.9 Å². The van der Waals surface area contributed by atoms with Gasteiger partial charge in [0.15, 0.2) is 0 Å². The molecule has 0 aliphatic carbocycles. The molecule has 0 aromatic heterocycles. The van der Waals surface area contributed by atoms with Crippen LogP contribution in [0.25, 0.3) is 0 Å². The zero-order chi connectivity index (χ0) is 12.3. The zero-order valence-electron chi connectivity index (χ0n) is 10.4. The number of rotatable bonds is 2. The first kappa shape index (κ1) is 11.9. The second-order valence-electron chi connectivity index (χ2n) is 4.69. The van der Waals surface area contributed by atoms with E-state index in [0.717, 1.165) is 25.1 Å². The number of nitrogens with one attached hydrogen (secondary N) is 1. The minimum atomic E-state index is 0.320. The standard InChI is InChI=1S/C14H18N2O/c1-10-3-4-12(9-15)8-14(10)16-13-5-6-17-11(2)7-13/h3-4,8,11,13,16H,5-7H2,1-2H3. The monoisotopic (exact) mass is 230 g/mol. The normalized spacial score (nSPS) is 24.1. The molecule has 17 heavy (non-hydrogen) atoms. The number of nitrogens with zero attached hydrogens (tertiary/aromatic N) is 1. The summed E-state index contributed by atoms with van der Waals surface area (Å²) in [4.78, 5) is 0. The maximum Gasteiger partial charge on any atom is 0.0992 e. The number of hydrogen-bond donors (Lipinski definition) is 1. The second-order valence-corrected chi connectivity index (χ2v) is 4.69. The van der Waals surface area contributed by atoms with Crippen molar-refractivity contribution >= 4 is 5.69 Å². The third-order valence-corrected chi connectivity index (χ3v) is 3.21. The number of ether oxygens (including phenoxy) is 1. The maximum atomic E-state index is 8.90. The summed E-state index contributed by atoms with van der Waals surface area (Å²) in [6.07, 6.45) is 2.37. The highest BCUT2D eigenvalue weighted by atomic mass is 16.5. The topological polar surface area (TPSA) is 45.0 Å². The molecule has 3 nitrogen and oxygen atoms in total. The Labute approximate surface area is 102 Å². The molecule has 0 spiro atoms. The molecule has 90 valence electrons. The minimum absolute atomic E-state index is 0.320. The highest BCUT2D eigenvalue weighted by molar-refractivity contribution is 5.55. The van der Waals surface area contributed by atoms with E-state index in [4.69, 9.17) is 10.00 Å². The molecule has 1 N–H and O–H groups in total. The Hall–Kier alpha value is -1.53. The summed E-state index contributed by atoms with van der Waals surface area (Å²) in [5.41, 5.74) is 2.96. The first-order chi connectivity index (χ1) is 8.19. The van der Waals surface area contributed by atoms with Crippen molar-refractivity contribution in [3.63, 3.8) is 0 Å². The molecule has 2 unspecified atom stereocenters. The molecule has 1 aliphatic rings. The van der Waals surface area contributed by atoms with Gasteiger partial charge >= 0.3 is 0 Å². The van der Waals surface area contributed by atoms with E-state index < -0.39 is 0 Å². The van der Waals surface area contributed by atoms with Crippen LogP contribution in [0.2, 0.25) is 0 Å². The van der Waals surface area contributed by atoms with Crippen LogP contribution in [0, 0.1) is 18.3 Å². The predicted octanol–water partition coefficient (Wildman–Crippen LogP) is 2.85. The highest BCUT2D eigenvalue weighted by Crippen LogP contribution is 2.22. The second kappa shape index (κ2) is 5.20. The Balaban J connectivity index is 2.10. The summed E-state index contributed by atoms with van der Waals surface area (Å²) in [7, 11) is 0. The molecule has 0 saturated carbocycles. The van der Waals surface area contributed by atoms with Crippen LogP contribution >= 0.6 is 0 Å². The lowest BCUT2D eigenvalue weighted by Crippen LogP contribution is -2.32. The Kier molecular flexibility index (Phi) is 3.65. The van der Waals surface area contributed by atoms with E-state index in [0.29, 0.717) is 17.7 Å². The number of benzene rings is 1. The van der Waals surface area contributed by atoms with Gasteiger partial charge in [-0.3, -0.25) is 0 Å². The van der Waals surface area contributed by atoms with Crippen molar-refractivity contribution in [2.75, 3.05) is 11.9 Å². The molecule has 1 aliphatic heterocycles.